The van der Waals surface area contributed by atoms with Crippen LogP contribution in [0, 0.1) is 0 Å². The van der Waals surface area contributed by atoms with E-state index in [9.17, 15) is 20.1 Å². The molecule has 2 aromatic carbocycles. The maximum absolute atomic E-state index is 12.8. The predicted octanol–water partition coefficient (Wildman–Crippen LogP) is 1.58. The van der Waals surface area contributed by atoms with E-state index in [1.54, 1.807) is 74.0 Å². The van der Waals surface area contributed by atoms with E-state index in [0.717, 1.165) is 5.56 Å². The Bertz CT molecular complexity index is 1500. The maximum Gasteiger partial charge on any atom is 0.369 e. The molecule has 40 heavy (non-hydrogen) atoms. The highest BCUT2D eigenvalue weighted by atomic mass is 16.7. The zero-order valence-corrected chi connectivity index (χ0v) is 22.2. The molecule has 4 rings (SSSR count). The highest BCUT2D eigenvalue weighted by molar-refractivity contribution is 6.01. The first-order valence-corrected chi connectivity index (χ1v) is 11.9. The van der Waals surface area contributed by atoms with Gasteiger partial charge in [0.25, 0.3) is 5.91 Å². The zero-order valence-electron chi connectivity index (χ0n) is 22.2. The predicted molar refractivity (Wildman–Crippen MR) is 144 cm³/mol. The number of para-hydroxylation sites is 1. The third-order valence-corrected chi connectivity index (χ3v) is 5.71. The molecule has 2 heterocycles. The van der Waals surface area contributed by atoms with Gasteiger partial charge in [-0.25, -0.2) is 9.97 Å². The molecule has 0 unspecified atom stereocenters. The normalized spacial score (nSPS) is 11.1. The van der Waals surface area contributed by atoms with Gasteiger partial charge < -0.3 is 40.2 Å². The van der Waals surface area contributed by atoms with Gasteiger partial charge in [0.05, 0.1) is 43.8 Å². The van der Waals surface area contributed by atoms with Crippen molar-refractivity contribution in [3.05, 3.63) is 66.1 Å². The molecule has 0 atom stereocenters. The molecule has 0 aliphatic carbocycles. The van der Waals surface area contributed by atoms with Crippen LogP contribution in [0.4, 0.5) is 17.2 Å². The summed E-state index contributed by atoms with van der Waals surface area (Å²) >= 11 is 0. The Labute approximate surface area is 229 Å². The summed E-state index contributed by atoms with van der Waals surface area (Å²) in [5.74, 6) is 1.45. The van der Waals surface area contributed by atoms with Crippen LogP contribution >= 0.6 is 0 Å². The quantitative estimate of drug-likeness (QED) is 0.148. The number of carbonyl (C=O) groups excluding carboxylic acids is 1. The number of carbonyl (C=O) groups is 1. The van der Waals surface area contributed by atoms with Gasteiger partial charge in [-0.2, -0.15) is 5.10 Å². The third-order valence-electron chi connectivity index (χ3n) is 5.71. The van der Waals surface area contributed by atoms with Crippen LogP contribution in [0.25, 0.3) is 11.4 Å². The van der Waals surface area contributed by atoms with E-state index in [0.29, 0.717) is 46.7 Å². The summed E-state index contributed by atoms with van der Waals surface area (Å²) < 4.78 is 17.9. The minimum Gasteiger partial charge on any atom is -0.497 e. The minimum atomic E-state index is -3.43. The number of nitrogens with zero attached hydrogens (tertiary/aromatic N) is 4. The van der Waals surface area contributed by atoms with E-state index in [1.807, 2.05) is 6.07 Å². The summed E-state index contributed by atoms with van der Waals surface area (Å²) in [6, 6.07) is 12.2. The van der Waals surface area contributed by atoms with Crippen LogP contribution in [0.3, 0.4) is 0 Å². The SMILES string of the molecule is COc1ccc(CNc2cc(Nc3cccc(-c4ncn(C)n4)c3OC)c(C(=O)NC(O)(O)O)cn2)c(OC)c1. The first kappa shape index (κ1) is 28.1. The summed E-state index contributed by atoms with van der Waals surface area (Å²) in [6.07, 6.45) is -0.660. The second-order valence-electron chi connectivity index (χ2n) is 8.49. The summed E-state index contributed by atoms with van der Waals surface area (Å²) in [4.78, 5) is 21.3. The fraction of sp³-hybridized carbons (Fsp3) is 0.231. The van der Waals surface area contributed by atoms with Gasteiger partial charge in [0, 0.05) is 37.5 Å². The monoisotopic (exact) mass is 551 g/mol. The molecular weight excluding hydrogens is 522 g/mol. The van der Waals surface area contributed by atoms with Gasteiger partial charge in [-0.05, 0) is 24.3 Å². The second-order valence-corrected chi connectivity index (χ2v) is 8.49. The molecule has 4 aromatic rings. The van der Waals surface area contributed by atoms with Crippen LogP contribution in [-0.4, -0.2) is 68.4 Å². The molecule has 2 aromatic heterocycles. The number of rotatable bonds is 11. The smallest absolute Gasteiger partial charge is 0.369 e. The number of amides is 1. The number of hydrogen-bond donors (Lipinski definition) is 6. The summed E-state index contributed by atoms with van der Waals surface area (Å²) in [6.45, 7) is 0.322. The van der Waals surface area contributed by atoms with Crippen molar-refractivity contribution < 1.29 is 34.3 Å². The highest BCUT2D eigenvalue weighted by Gasteiger charge is 2.25. The van der Waals surface area contributed by atoms with E-state index >= 15 is 0 Å². The highest BCUT2D eigenvalue weighted by Crippen LogP contribution is 2.37. The van der Waals surface area contributed by atoms with Crippen molar-refractivity contribution >= 4 is 23.1 Å². The van der Waals surface area contributed by atoms with Crippen molar-refractivity contribution in [1.29, 1.82) is 0 Å². The number of aryl methyl sites for hydroxylation is 1. The van der Waals surface area contributed by atoms with Crippen molar-refractivity contribution in [2.45, 2.75) is 12.6 Å². The number of nitrogens with one attached hydrogen (secondary N) is 3. The Kier molecular flexibility index (Phi) is 8.33. The van der Waals surface area contributed by atoms with Crippen molar-refractivity contribution in [2.75, 3.05) is 32.0 Å². The van der Waals surface area contributed by atoms with Gasteiger partial charge in [0.2, 0.25) is 0 Å². The molecule has 0 saturated carbocycles. The summed E-state index contributed by atoms with van der Waals surface area (Å²) in [5.41, 5.74) is 1.99. The molecule has 0 radical (unpaired) electrons. The third kappa shape index (κ3) is 6.55. The van der Waals surface area contributed by atoms with Crippen molar-refractivity contribution in [3.8, 4) is 28.6 Å². The molecule has 0 aliphatic heterocycles. The average molecular weight is 552 g/mol. The van der Waals surface area contributed by atoms with Gasteiger partial charge in [-0.15, -0.1) is 0 Å². The second kappa shape index (κ2) is 11.9. The lowest BCUT2D eigenvalue weighted by Gasteiger charge is -2.19. The van der Waals surface area contributed by atoms with Crippen LogP contribution in [0.2, 0.25) is 0 Å². The van der Waals surface area contributed by atoms with Crippen LogP contribution in [0.1, 0.15) is 15.9 Å². The lowest BCUT2D eigenvalue weighted by molar-refractivity contribution is -0.323. The molecule has 6 N–H and O–H groups in total. The van der Waals surface area contributed by atoms with Crippen molar-refractivity contribution in [3.63, 3.8) is 0 Å². The first-order valence-electron chi connectivity index (χ1n) is 11.9. The first-order chi connectivity index (χ1) is 19.1. The topological polar surface area (TPSA) is 185 Å². The molecule has 0 fully saturated rings. The molecule has 14 nitrogen and oxygen atoms in total. The number of anilines is 3. The van der Waals surface area contributed by atoms with Gasteiger partial charge >= 0.3 is 6.10 Å². The van der Waals surface area contributed by atoms with E-state index in [4.69, 9.17) is 14.2 Å². The fourth-order valence-corrected chi connectivity index (χ4v) is 3.88. The van der Waals surface area contributed by atoms with Crippen molar-refractivity contribution in [1.82, 2.24) is 25.1 Å². The van der Waals surface area contributed by atoms with E-state index in [1.165, 1.54) is 13.3 Å². The van der Waals surface area contributed by atoms with Gasteiger partial charge in [0.15, 0.2) is 11.6 Å². The number of aliphatic hydroxyl groups is 3. The number of ether oxygens (including phenoxy) is 3. The van der Waals surface area contributed by atoms with Crippen molar-refractivity contribution in [2.24, 2.45) is 7.05 Å². The lowest BCUT2D eigenvalue weighted by atomic mass is 10.1. The van der Waals surface area contributed by atoms with Crippen LogP contribution in [-0.2, 0) is 13.6 Å². The van der Waals surface area contributed by atoms with Gasteiger partial charge in [-0.3, -0.25) is 14.8 Å². The zero-order chi connectivity index (χ0) is 28.9. The molecule has 0 saturated heterocycles. The maximum atomic E-state index is 12.8. The van der Waals surface area contributed by atoms with E-state index < -0.39 is 12.0 Å². The Hall–Kier alpha value is -4.92. The molecule has 1 amide bonds. The Morgan fingerprint density at radius 3 is 2.45 bits per heavy atom. The summed E-state index contributed by atoms with van der Waals surface area (Å²) in [5, 5.41) is 40.2. The number of aromatic nitrogens is 4. The standard InChI is InChI=1S/C26H29N7O7/c1-33-14-29-24(32-33)17-6-5-7-19(23(17)40-4)30-20-11-22(28-13-18(20)25(34)31-26(35,36)37)27-12-15-8-9-16(38-2)10-21(15)39-3/h5-11,13-14,35-37H,12H2,1-4H3,(H,31,34)(H2,27,28,30). The largest absolute Gasteiger partial charge is 0.497 e. The summed E-state index contributed by atoms with van der Waals surface area (Å²) in [7, 11) is 6.35. The molecular formula is C26H29N7O7. The van der Waals surface area contributed by atoms with Gasteiger partial charge in [-0.1, -0.05) is 6.07 Å². The minimum absolute atomic E-state index is 0.0995. The van der Waals surface area contributed by atoms with E-state index in [2.05, 4.69) is 25.7 Å². The van der Waals surface area contributed by atoms with Crippen LogP contribution in [0.15, 0.2) is 55.0 Å². The lowest BCUT2D eigenvalue weighted by Crippen LogP contribution is -2.48. The number of hydrogen-bond acceptors (Lipinski definition) is 12. The Morgan fingerprint density at radius 1 is 1.00 bits per heavy atom. The number of pyridine rings is 1. The average Bonchev–Trinajstić information content (AvgIpc) is 3.36. The van der Waals surface area contributed by atoms with E-state index in [-0.39, 0.29) is 11.3 Å². The van der Waals surface area contributed by atoms with Crippen LogP contribution < -0.4 is 30.2 Å². The number of methoxy groups -OCH3 is 3. The molecule has 0 aliphatic rings. The number of benzene rings is 2. The fourth-order valence-electron chi connectivity index (χ4n) is 3.88. The Morgan fingerprint density at radius 2 is 1.80 bits per heavy atom. The molecule has 0 bridgehead atoms. The Balaban J connectivity index is 1.69. The molecule has 210 valence electrons. The van der Waals surface area contributed by atoms with Crippen LogP contribution in [0.5, 0.6) is 17.2 Å². The molecule has 0 spiro atoms. The van der Waals surface area contributed by atoms with Gasteiger partial charge in [0.1, 0.15) is 23.6 Å². The molecule has 14 heteroatoms.